The SMILES string of the molecule is O=C(NCc1ccc(F)cc1)N1CC(c2noc(C3CCCN3CC3CC3)n2)C1. The summed E-state index contributed by atoms with van der Waals surface area (Å²) < 4.78 is 18.5. The Labute approximate surface area is 169 Å². The van der Waals surface area contributed by atoms with E-state index in [1.807, 2.05) is 0 Å². The number of carbonyl (C=O) groups is 1. The van der Waals surface area contributed by atoms with E-state index in [1.165, 1.54) is 31.4 Å². The molecule has 1 aromatic heterocycles. The van der Waals surface area contributed by atoms with E-state index in [9.17, 15) is 9.18 Å². The Morgan fingerprint density at radius 1 is 1.21 bits per heavy atom. The Morgan fingerprint density at radius 3 is 2.76 bits per heavy atom. The zero-order valence-corrected chi connectivity index (χ0v) is 16.4. The van der Waals surface area contributed by atoms with Crippen molar-refractivity contribution in [3.05, 3.63) is 47.4 Å². The number of aromatic nitrogens is 2. The number of hydrogen-bond acceptors (Lipinski definition) is 5. The lowest BCUT2D eigenvalue weighted by molar-refractivity contribution is 0.146. The molecule has 1 atom stereocenters. The summed E-state index contributed by atoms with van der Waals surface area (Å²) in [7, 11) is 0. The average molecular weight is 399 g/mol. The molecule has 154 valence electrons. The number of carbonyl (C=O) groups excluding carboxylic acids is 1. The topological polar surface area (TPSA) is 74.5 Å². The predicted octanol–water partition coefficient (Wildman–Crippen LogP) is 3.06. The van der Waals surface area contributed by atoms with Crippen LogP contribution in [-0.2, 0) is 6.54 Å². The van der Waals surface area contributed by atoms with Gasteiger partial charge in [0.1, 0.15) is 5.82 Å². The summed E-state index contributed by atoms with van der Waals surface area (Å²) in [5.41, 5.74) is 0.868. The fourth-order valence-corrected chi connectivity index (χ4v) is 4.20. The average Bonchev–Trinajstić information content (AvgIpc) is 3.17. The summed E-state index contributed by atoms with van der Waals surface area (Å²) in [5.74, 6) is 2.14. The highest BCUT2D eigenvalue weighted by Gasteiger charge is 2.38. The smallest absolute Gasteiger partial charge is 0.317 e. The highest BCUT2D eigenvalue weighted by atomic mass is 19.1. The first kappa shape index (κ1) is 18.5. The number of benzene rings is 1. The number of halogens is 1. The van der Waals surface area contributed by atoms with Crippen molar-refractivity contribution in [2.45, 2.75) is 44.2 Å². The number of hydrogen-bond donors (Lipinski definition) is 1. The Balaban J connectivity index is 1.11. The van der Waals surface area contributed by atoms with Crippen LogP contribution in [0.5, 0.6) is 0 Å². The van der Waals surface area contributed by atoms with E-state index in [1.54, 1.807) is 17.0 Å². The van der Waals surface area contributed by atoms with Gasteiger partial charge in [0, 0.05) is 26.2 Å². The molecule has 1 unspecified atom stereocenters. The van der Waals surface area contributed by atoms with Crippen molar-refractivity contribution in [3.63, 3.8) is 0 Å². The standard InChI is InChI=1S/C21H26FN5O2/c22-17-7-5-14(6-8-17)10-23-21(28)27-12-16(13-27)19-24-20(29-25-19)18-2-1-9-26(18)11-15-3-4-15/h5-8,15-16,18H,1-4,9-13H2,(H,23,28). The monoisotopic (exact) mass is 399 g/mol. The molecular formula is C21H26FN5O2. The third-order valence-corrected chi connectivity index (χ3v) is 6.19. The van der Waals surface area contributed by atoms with E-state index in [2.05, 4.69) is 20.4 Å². The summed E-state index contributed by atoms with van der Waals surface area (Å²) in [6.45, 7) is 3.82. The van der Waals surface area contributed by atoms with Crippen LogP contribution in [0.2, 0.25) is 0 Å². The van der Waals surface area contributed by atoms with Crippen molar-refractivity contribution in [2.75, 3.05) is 26.2 Å². The maximum absolute atomic E-state index is 12.9. The molecule has 8 heteroatoms. The largest absolute Gasteiger partial charge is 0.338 e. The molecule has 5 rings (SSSR count). The van der Waals surface area contributed by atoms with Crippen molar-refractivity contribution in [1.29, 1.82) is 0 Å². The Kier molecular flexibility index (Phi) is 4.95. The Morgan fingerprint density at radius 2 is 2.00 bits per heavy atom. The minimum Gasteiger partial charge on any atom is -0.338 e. The third kappa shape index (κ3) is 4.12. The van der Waals surface area contributed by atoms with Crippen LogP contribution >= 0.6 is 0 Å². The minimum atomic E-state index is -0.279. The second-order valence-corrected chi connectivity index (χ2v) is 8.47. The van der Waals surface area contributed by atoms with Crippen LogP contribution in [0.25, 0.3) is 0 Å². The van der Waals surface area contributed by atoms with Gasteiger partial charge in [0.2, 0.25) is 5.89 Å². The number of likely N-dealkylation sites (tertiary alicyclic amines) is 2. The van der Waals surface area contributed by atoms with E-state index in [-0.39, 0.29) is 23.8 Å². The molecule has 1 saturated carbocycles. The first-order chi connectivity index (χ1) is 14.2. The van der Waals surface area contributed by atoms with Gasteiger partial charge in [-0.3, -0.25) is 4.90 Å². The molecule has 1 aliphatic carbocycles. The molecule has 1 aromatic carbocycles. The van der Waals surface area contributed by atoms with Gasteiger partial charge in [0.25, 0.3) is 0 Å². The van der Waals surface area contributed by atoms with Crippen molar-refractivity contribution in [3.8, 4) is 0 Å². The zero-order valence-electron chi connectivity index (χ0n) is 16.4. The molecule has 2 saturated heterocycles. The molecule has 2 aromatic rings. The van der Waals surface area contributed by atoms with Crippen LogP contribution in [0, 0.1) is 11.7 Å². The molecular weight excluding hydrogens is 373 g/mol. The molecule has 7 nitrogen and oxygen atoms in total. The molecule has 0 bridgehead atoms. The summed E-state index contributed by atoms with van der Waals surface area (Å²) >= 11 is 0. The molecule has 1 N–H and O–H groups in total. The summed E-state index contributed by atoms with van der Waals surface area (Å²) in [6.07, 6.45) is 4.95. The quantitative estimate of drug-likeness (QED) is 0.808. The number of amides is 2. The van der Waals surface area contributed by atoms with Crippen LogP contribution in [0.15, 0.2) is 28.8 Å². The molecule has 3 aliphatic rings. The third-order valence-electron chi connectivity index (χ3n) is 6.19. The van der Waals surface area contributed by atoms with Crippen LogP contribution in [0.1, 0.15) is 54.9 Å². The predicted molar refractivity (Wildman–Crippen MR) is 104 cm³/mol. The first-order valence-electron chi connectivity index (χ1n) is 10.5. The Bertz CT molecular complexity index is 860. The van der Waals surface area contributed by atoms with Crippen LogP contribution in [0.4, 0.5) is 9.18 Å². The maximum atomic E-state index is 12.9. The Hall–Kier alpha value is -2.48. The van der Waals surface area contributed by atoms with Gasteiger partial charge in [-0.15, -0.1) is 0 Å². The van der Waals surface area contributed by atoms with Gasteiger partial charge in [-0.2, -0.15) is 4.98 Å². The molecule has 3 fully saturated rings. The summed E-state index contributed by atoms with van der Waals surface area (Å²) in [5, 5.41) is 7.07. The van der Waals surface area contributed by atoms with Gasteiger partial charge in [0.15, 0.2) is 5.82 Å². The molecule has 29 heavy (non-hydrogen) atoms. The molecule has 2 amide bonds. The van der Waals surface area contributed by atoms with E-state index < -0.39 is 0 Å². The van der Waals surface area contributed by atoms with Crippen molar-refractivity contribution in [2.24, 2.45) is 5.92 Å². The zero-order chi connectivity index (χ0) is 19.8. The van der Waals surface area contributed by atoms with E-state index >= 15 is 0 Å². The normalized spacial score (nSPS) is 22.7. The highest BCUT2D eigenvalue weighted by Crippen LogP contribution is 2.37. The van der Waals surface area contributed by atoms with Crippen LogP contribution < -0.4 is 5.32 Å². The molecule has 3 heterocycles. The molecule has 0 spiro atoms. The van der Waals surface area contributed by atoms with Crippen LogP contribution in [0.3, 0.4) is 0 Å². The highest BCUT2D eigenvalue weighted by molar-refractivity contribution is 5.75. The van der Waals surface area contributed by atoms with E-state index in [4.69, 9.17) is 4.52 Å². The molecule has 2 aliphatic heterocycles. The van der Waals surface area contributed by atoms with Gasteiger partial charge in [0.05, 0.1) is 12.0 Å². The second kappa shape index (κ2) is 7.74. The van der Waals surface area contributed by atoms with Gasteiger partial charge >= 0.3 is 6.03 Å². The van der Waals surface area contributed by atoms with Gasteiger partial charge < -0.3 is 14.7 Å². The van der Waals surface area contributed by atoms with Gasteiger partial charge in [-0.05, 0) is 55.8 Å². The lowest BCUT2D eigenvalue weighted by atomic mass is 10.00. The van der Waals surface area contributed by atoms with Crippen molar-refractivity contribution >= 4 is 6.03 Å². The van der Waals surface area contributed by atoms with Gasteiger partial charge in [-0.1, -0.05) is 17.3 Å². The number of nitrogens with zero attached hydrogens (tertiary/aromatic N) is 4. The summed E-state index contributed by atoms with van der Waals surface area (Å²) in [6, 6.07) is 6.26. The fraction of sp³-hybridized carbons (Fsp3) is 0.571. The van der Waals surface area contributed by atoms with Crippen LogP contribution in [-0.4, -0.2) is 52.2 Å². The lowest BCUT2D eigenvalue weighted by Gasteiger charge is -2.37. The lowest BCUT2D eigenvalue weighted by Crippen LogP contribution is -2.52. The number of nitrogens with one attached hydrogen (secondary N) is 1. The van der Waals surface area contributed by atoms with Crippen molar-refractivity contribution < 1.29 is 13.7 Å². The van der Waals surface area contributed by atoms with E-state index in [0.717, 1.165) is 36.9 Å². The fourth-order valence-electron chi connectivity index (χ4n) is 4.20. The maximum Gasteiger partial charge on any atom is 0.317 e. The second-order valence-electron chi connectivity index (χ2n) is 8.47. The number of urea groups is 1. The summed E-state index contributed by atoms with van der Waals surface area (Å²) in [4.78, 5) is 21.2. The minimum absolute atomic E-state index is 0.124. The number of rotatable bonds is 6. The van der Waals surface area contributed by atoms with E-state index in [0.29, 0.717) is 25.5 Å². The van der Waals surface area contributed by atoms with Gasteiger partial charge in [-0.25, -0.2) is 9.18 Å². The van der Waals surface area contributed by atoms with Crippen molar-refractivity contribution in [1.82, 2.24) is 25.3 Å². The molecule has 0 radical (unpaired) electrons. The first-order valence-corrected chi connectivity index (χ1v) is 10.5.